The highest BCUT2D eigenvalue weighted by Gasteiger charge is 2.69. The Kier molecular flexibility index (Phi) is 7.12. The van der Waals surface area contributed by atoms with Crippen molar-refractivity contribution in [1.82, 2.24) is 0 Å². The van der Waals surface area contributed by atoms with Crippen LogP contribution >= 0.6 is 0 Å². The Morgan fingerprint density at radius 2 is 1.40 bits per heavy atom. The van der Waals surface area contributed by atoms with Crippen molar-refractivity contribution in [2.45, 2.75) is 125 Å². The number of ether oxygens (including phenoxy) is 1. The lowest BCUT2D eigenvalue weighted by atomic mass is 9.36. The van der Waals surface area contributed by atoms with Crippen molar-refractivity contribution >= 4 is 17.9 Å². The van der Waals surface area contributed by atoms with Gasteiger partial charge in [0.25, 0.3) is 0 Å². The Labute approximate surface area is 258 Å². The lowest BCUT2D eigenvalue weighted by Crippen LogP contribution is -2.64. The molecule has 0 aliphatic heterocycles. The average Bonchev–Trinajstić information content (AvgIpc) is 3.31. The molecule has 12 atom stereocenters. The first-order valence-electron chi connectivity index (χ1n) is 17.2. The number of carboxylic acids is 2. The monoisotopic (exact) mass is 596 g/mol. The molecule has 6 aliphatic carbocycles. The van der Waals surface area contributed by atoms with E-state index in [2.05, 4.69) is 41.2 Å². The molecule has 6 nitrogen and oxygen atoms in total. The molecule has 6 aliphatic rings. The molecule has 0 spiro atoms. The van der Waals surface area contributed by atoms with Crippen LogP contribution in [0.5, 0.6) is 0 Å². The first kappa shape index (κ1) is 31.1. The average molecular weight is 597 g/mol. The molecule has 0 aromatic carbocycles. The maximum Gasteiger partial charge on any atom is 0.309 e. The third-order valence-corrected chi connectivity index (χ3v) is 15.7. The van der Waals surface area contributed by atoms with Crippen molar-refractivity contribution in [1.29, 1.82) is 0 Å². The summed E-state index contributed by atoms with van der Waals surface area (Å²) >= 11 is 0. The van der Waals surface area contributed by atoms with Crippen molar-refractivity contribution in [3.8, 4) is 0 Å². The van der Waals surface area contributed by atoms with Crippen LogP contribution in [0.4, 0.5) is 0 Å². The van der Waals surface area contributed by atoms with Crippen molar-refractivity contribution < 1.29 is 29.3 Å². The van der Waals surface area contributed by atoms with Crippen molar-refractivity contribution in [3.63, 3.8) is 0 Å². The molecule has 0 bridgehead atoms. The molecule has 240 valence electrons. The van der Waals surface area contributed by atoms with Gasteiger partial charge in [-0.25, -0.2) is 0 Å². The maximum atomic E-state index is 13.4. The lowest BCUT2D eigenvalue weighted by Gasteiger charge is -2.69. The van der Waals surface area contributed by atoms with E-state index < -0.39 is 28.7 Å². The van der Waals surface area contributed by atoms with E-state index in [1.54, 1.807) is 0 Å². The molecule has 2 N–H and O–H groups in total. The van der Waals surface area contributed by atoms with Gasteiger partial charge in [-0.1, -0.05) is 53.7 Å². The van der Waals surface area contributed by atoms with Gasteiger partial charge in [-0.15, -0.1) is 0 Å². The third-order valence-electron chi connectivity index (χ3n) is 15.7. The first-order valence-corrected chi connectivity index (χ1v) is 17.2. The predicted molar refractivity (Wildman–Crippen MR) is 165 cm³/mol. The molecule has 6 fully saturated rings. The number of hydrogen-bond donors (Lipinski definition) is 2. The van der Waals surface area contributed by atoms with Gasteiger partial charge in [-0.05, 0) is 129 Å². The van der Waals surface area contributed by atoms with Gasteiger partial charge >= 0.3 is 17.9 Å². The van der Waals surface area contributed by atoms with E-state index in [4.69, 9.17) is 4.74 Å². The van der Waals surface area contributed by atoms with Crippen LogP contribution in [-0.4, -0.2) is 34.2 Å². The summed E-state index contributed by atoms with van der Waals surface area (Å²) in [6.07, 6.45) is 10.3. The standard InChI is InChI=1S/C37H56O6/c1-20(2)21-11-17-37(32(41)42)18-12-23-22(29(21)37)9-10-27-35(23,7)15-13-26-34(5,6)28(14-16-36(26,27)8)43-31(40)25-19-24(30(38)39)33(25,3)4/h21-29H,1,9-19H2,2-8H3,(H,38,39)(H,41,42)/t21?,22?,23?,24?,25?,26?,27?,28-,29?,35-,36-,37?/m0/s1. The minimum atomic E-state index is -0.822. The van der Waals surface area contributed by atoms with Gasteiger partial charge in [0.15, 0.2) is 0 Å². The predicted octanol–water partition coefficient (Wildman–Crippen LogP) is 8.00. The Balaban J connectivity index is 1.22. The number of carboxylic acid groups (broad SMARTS) is 2. The highest BCUT2D eigenvalue weighted by molar-refractivity contribution is 5.81. The number of fused-ring (bicyclic) bond motifs is 7. The number of allylic oxidation sites excluding steroid dienone is 1. The molecule has 43 heavy (non-hydrogen) atoms. The van der Waals surface area contributed by atoms with Gasteiger partial charge in [0.2, 0.25) is 0 Å². The van der Waals surface area contributed by atoms with Crippen LogP contribution in [0.2, 0.25) is 0 Å². The molecule has 0 aromatic rings. The molecular formula is C37H56O6. The fraction of sp³-hybridized carbons (Fsp3) is 0.865. The Hall–Kier alpha value is -1.85. The van der Waals surface area contributed by atoms with E-state index in [0.29, 0.717) is 36.0 Å². The second-order valence-electron chi connectivity index (χ2n) is 17.8. The topological polar surface area (TPSA) is 101 Å². The minimum Gasteiger partial charge on any atom is -0.481 e. The Morgan fingerprint density at radius 1 is 0.744 bits per heavy atom. The normalized spacial score (nSPS) is 49.2. The van der Waals surface area contributed by atoms with Crippen LogP contribution in [0.1, 0.15) is 119 Å². The molecule has 0 saturated heterocycles. The summed E-state index contributed by atoms with van der Waals surface area (Å²) in [6, 6.07) is 0. The summed E-state index contributed by atoms with van der Waals surface area (Å²) < 4.78 is 6.33. The van der Waals surface area contributed by atoms with E-state index in [1.807, 2.05) is 13.8 Å². The molecule has 6 rings (SSSR count). The Morgan fingerprint density at radius 3 is 2.00 bits per heavy atom. The van der Waals surface area contributed by atoms with E-state index >= 15 is 0 Å². The summed E-state index contributed by atoms with van der Waals surface area (Å²) in [7, 11) is 0. The minimum absolute atomic E-state index is 0.152. The Bertz CT molecular complexity index is 1220. The highest BCUT2D eigenvalue weighted by atomic mass is 16.5. The van der Waals surface area contributed by atoms with E-state index in [9.17, 15) is 24.6 Å². The first-order chi connectivity index (χ1) is 19.9. The molecule has 0 amide bonds. The summed E-state index contributed by atoms with van der Waals surface area (Å²) in [4.78, 5) is 37.9. The van der Waals surface area contributed by atoms with Gasteiger partial charge in [-0.3, -0.25) is 14.4 Å². The number of esters is 1. The van der Waals surface area contributed by atoms with Gasteiger partial charge in [0.05, 0.1) is 17.3 Å². The summed E-state index contributed by atoms with van der Waals surface area (Å²) in [6.45, 7) is 20.0. The zero-order valence-corrected chi connectivity index (χ0v) is 27.7. The van der Waals surface area contributed by atoms with Crippen molar-refractivity contribution in [2.24, 2.45) is 74.4 Å². The fourth-order valence-corrected chi connectivity index (χ4v) is 13.3. The SMILES string of the molecule is C=C(C)C1CCC2(C(=O)O)CCC3C(CCC4[C@@]3(C)CCC3C(C)(C)[C@@H](OC(=O)C5CC(C(=O)O)C5(C)C)CC[C@@]34C)C12. The van der Waals surface area contributed by atoms with Gasteiger partial charge in [-0.2, -0.15) is 0 Å². The summed E-state index contributed by atoms with van der Waals surface area (Å²) in [5, 5.41) is 20.1. The lowest BCUT2D eigenvalue weighted by molar-refractivity contribution is -0.228. The van der Waals surface area contributed by atoms with Gasteiger partial charge in [0, 0.05) is 5.41 Å². The zero-order valence-electron chi connectivity index (χ0n) is 27.7. The largest absolute Gasteiger partial charge is 0.481 e. The van der Waals surface area contributed by atoms with E-state index in [1.165, 1.54) is 5.57 Å². The summed E-state index contributed by atoms with van der Waals surface area (Å²) in [5.41, 5.74) is 0.209. The van der Waals surface area contributed by atoms with Gasteiger partial charge < -0.3 is 14.9 Å². The molecule has 0 radical (unpaired) electrons. The second-order valence-corrected chi connectivity index (χ2v) is 17.8. The van der Waals surface area contributed by atoms with Gasteiger partial charge in [0.1, 0.15) is 6.10 Å². The maximum absolute atomic E-state index is 13.4. The molecular weight excluding hydrogens is 540 g/mol. The number of rotatable bonds is 5. The van der Waals surface area contributed by atoms with Crippen LogP contribution in [0, 0.1) is 74.4 Å². The molecule has 9 unspecified atom stereocenters. The number of carbonyl (C=O) groups is 3. The zero-order chi connectivity index (χ0) is 31.5. The quantitative estimate of drug-likeness (QED) is 0.246. The van der Waals surface area contributed by atoms with Crippen molar-refractivity contribution in [3.05, 3.63) is 12.2 Å². The molecule has 0 aromatic heterocycles. The second kappa shape index (κ2) is 9.82. The van der Waals surface area contributed by atoms with Crippen LogP contribution in [-0.2, 0) is 19.1 Å². The van der Waals surface area contributed by atoms with E-state index in [0.717, 1.165) is 64.2 Å². The van der Waals surface area contributed by atoms with Crippen LogP contribution in [0.15, 0.2) is 12.2 Å². The van der Waals surface area contributed by atoms with Crippen LogP contribution < -0.4 is 0 Å². The third kappa shape index (κ3) is 4.12. The van der Waals surface area contributed by atoms with E-state index in [-0.39, 0.29) is 40.2 Å². The number of hydrogen-bond acceptors (Lipinski definition) is 4. The molecule has 0 heterocycles. The summed E-state index contributed by atoms with van der Waals surface area (Å²) in [5.74, 6) is 0.137. The molecule has 6 heteroatoms. The van der Waals surface area contributed by atoms with Crippen molar-refractivity contribution in [2.75, 3.05) is 0 Å². The highest BCUT2D eigenvalue weighted by Crippen LogP contribution is 2.74. The number of aliphatic carboxylic acids is 2. The molecule has 6 saturated carbocycles. The van der Waals surface area contributed by atoms with Crippen LogP contribution in [0.3, 0.4) is 0 Å². The number of carbonyl (C=O) groups excluding carboxylic acids is 1. The fourth-order valence-electron chi connectivity index (χ4n) is 13.3. The van der Waals surface area contributed by atoms with Crippen LogP contribution in [0.25, 0.3) is 0 Å². The smallest absolute Gasteiger partial charge is 0.309 e.